The van der Waals surface area contributed by atoms with Gasteiger partial charge in [-0.15, -0.1) is 0 Å². The van der Waals surface area contributed by atoms with Crippen LogP contribution >= 0.6 is 7.82 Å². The number of phosphoric ester groups is 1. The minimum atomic E-state index is -3.89. The zero-order valence-corrected chi connectivity index (χ0v) is 9.24. The van der Waals surface area contributed by atoms with Crippen molar-refractivity contribution in [2.45, 2.75) is 13.3 Å². The average molecular weight is 227 g/mol. The van der Waals surface area contributed by atoms with Crippen LogP contribution in [-0.4, -0.2) is 37.9 Å². The van der Waals surface area contributed by atoms with E-state index in [-0.39, 0.29) is 19.8 Å². The van der Waals surface area contributed by atoms with E-state index >= 15 is 0 Å². The molecule has 7 heteroatoms. The third kappa shape index (κ3) is 8.62. The third-order valence-electron chi connectivity index (χ3n) is 1.26. The molecule has 1 atom stereocenters. The van der Waals surface area contributed by atoms with E-state index in [1.807, 2.05) is 6.92 Å². The van der Waals surface area contributed by atoms with Gasteiger partial charge >= 0.3 is 7.82 Å². The van der Waals surface area contributed by atoms with Crippen molar-refractivity contribution in [2.75, 3.05) is 33.0 Å². The van der Waals surface area contributed by atoms with Crippen LogP contribution in [0, 0.1) is 0 Å². The second-order valence-electron chi connectivity index (χ2n) is 2.47. The monoisotopic (exact) mass is 227 g/mol. The van der Waals surface area contributed by atoms with Gasteiger partial charge in [-0.25, -0.2) is 4.57 Å². The quantitative estimate of drug-likeness (QED) is 0.440. The first-order valence-electron chi connectivity index (χ1n) is 4.52. The molecule has 3 N–H and O–H groups in total. The summed E-state index contributed by atoms with van der Waals surface area (Å²) in [5.41, 5.74) is 5.10. The normalized spacial score (nSPS) is 15.4. The van der Waals surface area contributed by atoms with Crippen LogP contribution in [0.4, 0.5) is 0 Å². The summed E-state index contributed by atoms with van der Waals surface area (Å²) in [4.78, 5) is 9.02. The Morgan fingerprint density at radius 1 is 1.29 bits per heavy atom. The van der Waals surface area contributed by atoms with Crippen molar-refractivity contribution in [3.63, 3.8) is 0 Å². The van der Waals surface area contributed by atoms with Gasteiger partial charge in [-0.1, -0.05) is 0 Å². The van der Waals surface area contributed by atoms with Crippen LogP contribution in [0.15, 0.2) is 0 Å². The summed E-state index contributed by atoms with van der Waals surface area (Å²) >= 11 is 0. The van der Waals surface area contributed by atoms with E-state index in [9.17, 15) is 4.57 Å². The fraction of sp³-hybridized carbons (Fsp3) is 1.00. The van der Waals surface area contributed by atoms with Crippen LogP contribution in [0.1, 0.15) is 13.3 Å². The summed E-state index contributed by atoms with van der Waals surface area (Å²) in [6, 6.07) is 0. The van der Waals surface area contributed by atoms with E-state index in [1.165, 1.54) is 0 Å². The molecule has 6 nitrogen and oxygen atoms in total. The number of nitrogens with two attached hydrogens (primary N) is 1. The summed E-state index contributed by atoms with van der Waals surface area (Å²) in [5.74, 6) is 0. The van der Waals surface area contributed by atoms with Crippen molar-refractivity contribution in [2.24, 2.45) is 5.73 Å². The van der Waals surface area contributed by atoms with Crippen molar-refractivity contribution < 1.29 is 23.2 Å². The van der Waals surface area contributed by atoms with Gasteiger partial charge in [-0.05, 0) is 13.3 Å². The Labute approximate surface area is 84.0 Å². The molecule has 14 heavy (non-hydrogen) atoms. The maximum atomic E-state index is 11.0. The molecule has 86 valence electrons. The molecule has 0 saturated heterocycles. The molecule has 0 rings (SSSR count). The molecule has 1 unspecified atom stereocenters. The van der Waals surface area contributed by atoms with Crippen molar-refractivity contribution in [1.29, 1.82) is 0 Å². The molecule has 0 saturated carbocycles. The fourth-order valence-electron chi connectivity index (χ4n) is 0.691. The first kappa shape index (κ1) is 14.0. The van der Waals surface area contributed by atoms with Gasteiger partial charge in [0, 0.05) is 19.8 Å². The first-order chi connectivity index (χ1) is 6.62. The Balaban J connectivity index is 3.40. The lowest BCUT2D eigenvalue weighted by atomic mass is 10.5. The van der Waals surface area contributed by atoms with Crippen molar-refractivity contribution >= 4 is 7.82 Å². The van der Waals surface area contributed by atoms with Gasteiger partial charge in [-0.2, -0.15) is 0 Å². The van der Waals surface area contributed by atoms with E-state index in [0.717, 1.165) is 0 Å². The minimum absolute atomic E-state index is 0.0131. The molecule has 0 aliphatic heterocycles. The van der Waals surface area contributed by atoms with Crippen molar-refractivity contribution in [3.05, 3.63) is 0 Å². The maximum Gasteiger partial charge on any atom is 0.472 e. The molecule has 0 aromatic rings. The Hall–Kier alpha value is 0.0300. The van der Waals surface area contributed by atoms with E-state index in [4.69, 9.17) is 15.4 Å². The average Bonchev–Trinajstić information content (AvgIpc) is 2.15. The molecule has 0 aromatic heterocycles. The molecule has 0 aromatic carbocycles. The fourth-order valence-corrected chi connectivity index (χ4v) is 1.46. The highest BCUT2D eigenvalue weighted by Gasteiger charge is 2.19. The molecule has 0 aliphatic rings. The van der Waals surface area contributed by atoms with Crippen LogP contribution < -0.4 is 5.73 Å². The van der Waals surface area contributed by atoms with E-state index in [0.29, 0.717) is 19.6 Å². The van der Waals surface area contributed by atoms with Gasteiger partial charge in [0.05, 0.1) is 13.2 Å². The molecule has 0 bridgehead atoms. The predicted molar refractivity (Wildman–Crippen MR) is 51.9 cm³/mol. The van der Waals surface area contributed by atoms with Gasteiger partial charge in [0.2, 0.25) is 0 Å². The number of hydrogen-bond donors (Lipinski definition) is 2. The molecule has 0 amide bonds. The largest absolute Gasteiger partial charge is 0.472 e. The van der Waals surface area contributed by atoms with Gasteiger partial charge in [-0.3, -0.25) is 9.05 Å². The molecular weight excluding hydrogens is 209 g/mol. The molecular formula is C7H18NO5P. The van der Waals surface area contributed by atoms with E-state index < -0.39 is 7.82 Å². The Kier molecular flexibility index (Phi) is 8.37. The number of rotatable bonds is 9. The van der Waals surface area contributed by atoms with Gasteiger partial charge in [0.1, 0.15) is 0 Å². The molecule has 0 heterocycles. The second kappa shape index (κ2) is 8.35. The number of phosphoric acid groups is 1. The topological polar surface area (TPSA) is 91.0 Å². The lowest BCUT2D eigenvalue weighted by molar-refractivity contribution is 0.111. The Morgan fingerprint density at radius 3 is 2.50 bits per heavy atom. The lowest BCUT2D eigenvalue weighted by Crippen LogP contribution is -2.08. The summed E-state index contributed by atoms with van der Waals surface area (Å²) in [5, 5.41) is 0. The zero-order chi connectivity index (χ0) is 10.9. The number of ether oxygens (including phenoxy) is 1. The van der Waals surface area contributed by atoms with Crippen molar-refractivity contribution in [3.8, 4) is 0 Å². The van der Waals surface area contributed by atoms with Gasteiger partial charge < -0.3 is 15.4 Å². The van der Waals surface area contributed by atoms with Crippen LogP contribution in [0.3, 0.4) is 0 Å². The predicted octanol–water partition coefficient (Wildman–Crippen LogP) is 0.505. The first-order valence-corrected chi connectivity index (χ1v) is 6.01. The van der Waals surface area contributed by atoms with E-state index in [1.54, 1.807) is 0 Å². The highest BCUT2D eigenvalue weighted by atomic mass is 31.2. The molecule has 0 fully saturated rings. The highest BCUT2D eigenvalue weighted by molar-refractivity contribution is 7.47. The smallest absolute Gasteiger partial charge is 0.382 e. The summed E-state index contributed by atoms with van der Waals surface area (Å²) in [6.07, 6.45) is 0.560. The SMILES string of the molecule is CCOCCCOP(=O)(O)OCCN. The summed E-state index contributed by atoms with van der Waals surface area (Å²) in [7, 11) is -3.89. The molecule has 0 radical (unpaired) electrons. The van der Waals surface area contributed by atoms with Crippen LogP contribution in [0.5, 0.6) is 0 Å². The van der Waals surface area contributed by atoms with Gasteiger partial charge in [0.15, 0.2) is 0 Å². The van der Waals surface area contributed by atoms with Crippen LogP contribution in [0.25, 0.3) is 0 Å². The maximum absolute atomic E-state index is 11.0. The van der Waals surface area contributed by atoms with Crippen molar-refractivity contribution in [1.82, 2.24) is 0 Å². The molecule has 0 aliphatic carbocycles. The third-order valence-corrected chi connectivity index (χ3v) is 2.28. The minimum Gasteiger partial charge on any atom is -0.382 e. The lowest BCUT2D eigenvalue weighted by Gasteiger charge is -2.11. The van der Waals surface area contributed by atoms with Crippen LogP contribution in [0.2, 0.25) is 0 Å². The highest BCUT2D eigenvalue weighted by Crippen LogP contribution is 2.42. The Morgan fingerprint density at radius 2 is 1.93 bits per heavy atom. The van der Waals surface area contributed by atoms with Gasteiger partial charge in [0.25, 0.3) is 0 Å². The summed E-state index contributed by atoms with van der Waals surface area (Å²) < 4.78 is 25.2. The summed E-state index contributed by atoms with van der Waals surface area (Å²) in [6.45, 7) is 3.35. The standard InChI is InChI=1S/C7H18NO5P/c1-2-11-5-3-6-12-14(9,10)13-7-4-8/h2-8H2,1H3,(H,9,10). The molecule has 0 spiro atoms. The van der Waals surface area contributed by atoms with E-state index in [2.05, 4.69) is 9.05 Å². The zero-order valence-electron chi connectivity index (χ0n) is 8.35. The Bertz CT molecular complexity index is 177. The number of hydrogen-bond acceptors (Lipinski definition) is 5. The van der Waals surface area contributed by atoms with Crippen LogP contribution in [-0.2, 0) is 18.3 Å². The second-order valence-corrected chi connectivity index (χ2v) is 3.93.